The van der Waals surface area contributed by atoms with E-state index in [9.17, 15) is 28.2 Å². The first-order chi connectivity index (χ1) is 19.9. The zero-order chi connectivity index (χ0) is 31.0. The lowest BCUT2D eigenvalue weighted by molar-refractivity contribution is -0.131. The second-order valence-electron chi connectivity index (χ2n) is 13.3. The number of nitrogens with one attached hydrogen (secondary N) is 2. The molecule has 2 aliphatic carbocycles. The molecule has 2 fully saturated rings. The van der Waals surface area contributed by atoms with Crippen LogP contribution >= 0.6 is 0 Å². The van der Waals surface area contributed by atoms with Crippen LogP contribution in [0.15, 0.2) is 30.3 Å². The molecule has 238 valence electrons. The van der Waals surface area contributed by atoms with Gasteiger partial charge in [-0.3, -0.25) is 9.59 Å². The molecule has 7 atom stereocenters. The molecule has 0 spiro atoms. The molecule has 9 heteroatoms. The van der Waals surface area contributed by atoms with Gasteiger partial charge in [-0.05, 0) is 50.5 Å². The molecule has 2 amide bonds. The molecule has 0 bridgehead atoms. The summed E-state index contributed by atoms with van der Waals surface area (Å²) in [5.41, 5.74) is 0.802. The van der Waals surface area contributed by atoms with Gasteiger partial charge in [0.25, 0.3) is 0 Å². The van der Waals surface area contributed by atoms with Gasteiger partial charge in [0.1, 0.15) is 12.1 Å². The van der Waals surface area contributed by atoms with E-state index in [-0.39, 0.29) is 5.92 Å². The number of carbonyl (C=O) groups is 2. The predicted octanol–water partition coefficient (Wildman–Crippen LogP) is 4.49. The Morgan fingerprint density at radius 3 is 2.19 bits per heavy atom. The highest BCUT2D eigenvalue weighted by molar-refractivity contribution is 7.93. The monoisotopic (exact) mass is 606 g/mol. The minimum Gasteiger partial charge on any atom is -0.390 e. The maximum atomic E-state index is 13.7. The van der Waals surface area contributed by atoms with E-state index < -0.39 is 68.3 Å². The van der Waals surface area contributed by atoms with Gasteiger partial charge < -0.3 is 20.8 Å². The Hall–Kier alpha value is -1.97. The number of unbranched alkanes of at least 4 members (excludes halogenated alkanes) is 1. The van der Waals surface area contributed by atoms with Crippen LogP contribution in [-0.2, 0) is 19.4 Å². The summed E-state index contributed by atoms with van der Waals surface area (Å²) in [7, 11) is -3.56. The fraction of sp³-hybridized carbons (Fsp3) is 0.758. The van der Waals surface area contributed by atoms with Crippen molar-refractivity contribution in [3.63, 3.8) is 0 Å². The largest absolute Gasteiger partial charge is 0.390 e. The van der Waals surface area contributed by atoms with E-state index in [1.165, 1.54) is 6.42 Å². The molecule has 2 saturated carbocycles. The molecule has 0 saturated heterocycles. The molecule has 8 nitrogen and oxygen atoms in total. The van der Waals surface area contributed by atoms with Crippen molar-refractivity contribution in [3.8, 4) is 0 Å². The average Bonchev–Trinajstić information content (AvgIpc) is 3.72. The fourth-order valence-corrected chi connectivity index (χ4v) is 8.55. The summed E-state index contributed by atoms with van der Waals surface area (Å²) in [5, 5.41) is 26.4. The Morgan fingerprint density at radius 2 is 1.62 bits per heavy atom. The summed E-state index contributed by atoms with van der Waals surface area (Å²) >= 11 is 0. The molecule has 42 heavy (non-hydrogen) atoms. The number of benzene rings is 1. The van der Waals surface area contributed by atoms with Crippen LogP contribution in [0.25, 0.3) is 0 Å². The van der Waals surface area contributed by atoms with E-state index in [1.807, 2.05) is 51.1 Å². The van der Waals surface area contributed by atoms with E-state index in [0.29, 0.717) is 31.6 Å². The lowest BCUT2D eigenvalue weighted by atomic mass is 9.82. The number of hydrogen-bond acceptors (Lipinski definition) is 6. The first-order valence-corrected chi connectivity index (χ1v) is 17.7. The average molecular weight is 607 g/mol. The Kier molecular flexibility index (Phi) is 12.9. The van der Waals surface area contributed by atoms with Crippen LogP contribution in [0.2, 0.25) is 0 Å². The van der Waals surface area contributed by atoms with Crippen molar-refractivity contribution >= 4 is 21.7 Å². The first kappa shape index (κ1) is 34.5. The normalized spacial score (nSPS) is 24.2. The predicted molar refractivity (Wildman–Crippen MR) is 167 cm³/mol. The van der Waals surface area contributed by atoms with Crippen LogP contribution in [-0.4, -0.2) is 65.2 Å². The Morgan fingerprint density at radius 1 is 0.976 bits per heavy atom. The highest BCUT2D eigenvalue weighted by Gasteiger charge is 2.63. The number of aliphatic hydroxyl groups is 2. The number of hydrogen-bond donors (Lipinski definition) is 4. The molecule has 0 radical (unpaired) electrons. The van der Waals surface area contributed by atoms with Crippen LogP contribution in [0.4, 0.5) is 0 Å². The molecular formula is C33H54N2O6S. The van der Waals surface area contributed by atoms with Gasteiger partial charge in [0.15, 0.2) is 9.84 Å². The smallest absolute Gasteiger partial charge is 0.242 e. The van der Waals surface area contributed by atoms with E-state index in [4.69, 9.17) is 0 Å². The van der Waals surface area contributed by atoms with E-state index in [0.717, 1.165) is 37.7 Å². The zero-order valence-electron chi connectivity index (χ0n) is 26.2. The summed E-state index contributed by atoms with van der Waals surface area (Å²) in [6.07, 6.45) is 6.32. The molecule has 1 aromatic rings. The number of sulfone groups is 1. The van der Waals surface area contributed by atoms with Crippen molar-refractivity contribution in [1.29, 1.82) is 0 Å². The molecular weight excluding hydrogens is 552 g/mol. The van der Waals surface area contributed by atoms with E-state index >= 15 is 0 Å². The summed E-state index contributed by atoms with van der Waals surface area (Å²) in [4.78, 5) is 27.4. The van der Waals surface area contributed by atoms with Gasteiger partial charge in [0, 0.05) is 5.92 Å². The van der Waals surface area contributed by atoms with Gasteiger partial charge in [-0.2, -0.15) is 0 Å². The standard InChI is InChI=1S/C33H54N2O6S/c1-6-7-18-25(32(38)35-26(20-23-14-10-8-11-15-23)30(37)27(36)19-21(2)3)34-33(39)29-28(24-16-12-9-13-17-24)31(29)42(40,41)22(4)5/h9,12-13,16-17,21-23,25-31,36-37H,6-8,10-11,14-15,18-20H2,1-5H3,(H,34,39)(H,35,38)/t25-,26-,27-,28-,29-,30+,31-/m0/s1. The Bertz CT molecular complexity index is 1100. The highest BCUT2D eigenvalue weighted by Crippen LogP contribution is 2.53. The molecule has 0 heterocycles. The number of aliphatic hydroxyl groups excluding tert-OH is 2. The van der Waals surface area contributed by atoms with Crippen LogP contribution < -0.4 is 10.6 Å². The lowest BCUT2D eigenvalue weighted by Gasteiger charge is -2.33. The Balaban J connectivity index is 1.79. The number of amides is 2. The van der Waals surface area contributed by atoms with Crippen molar-refractivity contribution in [2.24, 2.45) is 17.8 Å². The quantitative estimate of drug-likeness (QED) is 0.219. The van der Waals surface area contributed by atoms with Crippen molar-refractivity contribution in [1.82, 2.24) is 10.6 Å². The van der Waals surface area contributed by atoms with E-state index in [1.54, 1.807) is 13.8 Å². The van der Waals surface area contributed by atoms with E-state index in [2.05, 4.69) is 10.6 Å². The summed E-state index contributed by atoms with van der Waals surface area (Å²) in [6.45, 7) is 9.23. The van der Waals surface area contributed by atoms with Gasteiger partial charge in [0.05, 0.1) is 28.6 Å². The molecule has 0 unspecified atom stereocenters. The van der Waals surface area contributed by atoms with Crippen molar-refractivity contribution in [2.45, 2.75) is 140 Å². The summed E-state index contributed by atoms with van der Waals surface area (Å²) < 4.78 is 26.4. The third-order valence-corrected chi connectivity index (χ3v) is 11.8. The minimum atomic E-state index is -3.56. The van der Waals surface area contributed by atoms with Crippen molar-refractivity contribution in [2.75, 3.05) is 0 Å². The molecule has 3 rings (SSSR count). The van der Waals surface area contributed by atoms with Gasteiger partial charge >= 0.3 is 0 Å². The SMILES string of the molecule is CCCC[C@H](NC(=O)[C@H]1[C@H](c2ccccc2)[C@@H]1S(=O)(=O)C(C)C)C(=O)N[C@@H](CC1CCCCC1)[C@@H](O)[C@@H](O)CC(C)C. The number of carbonyl (C=O) groups excluding carboxylic acids is 2. The first-order valence-electron chi connectivity index (χ1n) is 16.1. The van der Waals surface area contributed by atoms with Crippen molar-refractivity contribution < 1.29 is 28.2 Å². The molecule has 2 aliphatic rings. The van der Waals surface area contributed by atoms with Crippen LogP contribution in [0.3, 0.4) is 0 Å². The summed E-state index contributed by atoms with van der Waals surface area (Å²) in [5.74, 6) is -1.52. The number of rotatable bonds is 16. The maximum Gasteiger partial charge on any atom is 0.242 e. The van der Waals surface area contributed by atoms with Crippen LogP contribution in [0, 0.1) is 17.8 Å². The second-order valence-corrected chi connectivity index (χ2v) is 16.0. The third kappa shape index (κ3) is 9.02. The molecule has 4 N–H and O–H groups in total. The van der Waals surface area contributed by atoms with Crippen LogP contribution in [0.5, 0.6) is 0 Å². The third-order valence-electron chi connectivity index (χ3n) is 9.12. The fourth-order valence-electron chi connectivity index (χ4n) is 6.58. The topological polar surface area (TPSA) is 133 Å². The van der Waals surface area contributed by atoms with Gasteiger partial charge in [-0.25, -0.2) is 8.42 Å². The van der Waals surface area contributed by atoms with Crippen molar-refractivity contribution in [3.05, 3.63) is 35.9 Å². The molecule has 0 aliphatic heterocycles. The van der Waals surface area contributed by atoms with Gasteiger partial charge in [-0.1, -0.05) is 96.0 Å². The van der Waals surface area contributed by atoms with Gasteiger partial charge in [-0.15, -0.1) is 0 Å². The minimum absolute atomic E-state index is 0.184. The maximum absolute atomic E-state index is 13.7. The lowest BCUT2D eigenvalue weighted by Crippen LogP contribution is -2.55. The summed E-state index contributed by atoms with van der Waals surface area (Å²) in [6, 6.07) is 7.73. The second kappa shape index (κ2) is 15.7. The zero-order valence-corrected chi connectivity index (χ0v) is 27.0. The van der Waals surface area contributed by atoms with Gasteiger partial charge in [0.2, 0.25) is 11.8 Å². The van der Waals surface area contributed by atoms with Crippen LogP contribution in [0.1, 0.15) is 110 Å². The molecule has 0 aromatic heterocycles. The Labute approximate surface area is 253 Å². The highest BCUT2D eigenvalue weighted by atomic mass is 32.2. The molecule has 1 aromatic carbocycles.